The summed E-state index contributed by atoms with van der Waals surface area (Å²) in [7, 11) is 0. The zero-order valence-corrected chi connectivity index (χ0v) is 13.6. The first-order valence-corrected chi connectivity index (χ1v) is 6.79. The molecular weight excluding hydrogens is 406 g/mol. The second kappa shape index (κ2) is 8.62. The minimum atomic E-state index is -1.21. The number of phenolic OH excluding ortho intramolecular Hbond substituents is 2. The molecule has 0 radical (unpaired) electrons. The summed E-state index contributed by atoms with van der Waals surface area (Å²) >= 11 is 0. The standard InChI is InChI=1S/C6H3N3O7.C6H4N2O5/c10-6-4(8(13)14)1-3(7(11)12)2-5(6)9(15)16;9-5-3-1-2-4(7(10)11)6(5)8(12)13/h1-2,10H;1-3,9H. The fourth-order valence-corrected chi connectivity index (χ4v) is 1.83. The quantitative estimate of drug-likeness (QED) is 0.528. The molecule has 0 aliphatic heterocycles. The Morgan fingerprint density at radius 2 is 1.07 bits per heavy atom. The summed E-state index contributed by atoms with van der Waals surface area (Å²) in [5.74, 6) is -1.92. The van der Waals surface area contributed by atoms with Gasteiger partial charge in [-0.15, -0.1) is 0 Å². The molecule has 0 aromatic heterocycles. The van der Waals surface area contributed by atoms with Gasteiger partial charge in [-0.05, 0) is 6.07 Å². The monoisotopic (exact) mass is 413 g/mol. The summed E-state index contributed by atoms with van der Waals surface area (Å²) in [6, 6.07) is 4.04. The fourth-order valence-electron chi connectivity index (χ4n) is 1.83. The normalized spacial score (nSPS) is 9.66. The molecule has 2 aromatic rings. The van der Waals surface area contributed by atoms with Crippen molar-refractivity contribution in [3.63, 3.8) is 0 Å². The van der Waals surface area contributed by atoms with Crippen LogP contribution in [0.4, 0.5) is 28.4 Å². The van der Waals surface area contributed by atoms with Gasteiger partial charge in [0.1, 0.15) is 0 Å². The predicted molar refractivity (Wildman–Crippen MR) is 89.5 cm³/mol. The lowest BCUT2D eigenvalue weighted by Crippen LogP contribution is -1.97. The van der Waals surface area contributed by atoms with Crippen molar-refractivity contribution in [1.29, 1.82) is 0 Å². The van der Waals surface area contributed by atoms with Gasteiger partial charge in [0.05, 0.1) is 36.7 Å². The summed E-state index contributed by atoms with van der Waals surface area (Å²) in [5, 5.41) is 69.7. The molecule has 0 unspecified atom stereocenters. The van der Waals surface area contributed by atoms with Gasteiger partial charge in [0.2, 0.25) is 5.75 Å². The van der Waals surface area contributed by atoms with Crippen LogP contribution in [0.5, 0.6) is 11.5 Å². The van der Waals surface area contributed by atoms with E-state index in [1.54, 1.807) is 0 Å². The van der Waals surface area contributed by atoms with Crippen LogP contribution in [0.15, 0.2) is 30.3 Å². The van der Waals surface area contributed by atoms with E-state index in [9.17, 15) is 50.6 Å². The number of nitro benzene ring substituents is 5. The van der Waals surface area contributed by atoms with E-state index in [-0.39, 0.29) is 0 Å². The summed E-state index contributed by atoms with van der Waals surface area (Å²) in [6.07, 6.45) is 0. The molecular formula is C12H7N5O12. The van der Waals surface area contributed by atoms with Crippen molar-refractivity contribution in [2.75, 3.05) is 0 Å². The Morgan fingerprint density at radius 1 is 0.621 bits per heavy atom. The number of non-ortho nitro benzene ring substituents is 1. The van der Waals surface area contributed by atoms with E-state index in [0.29, 0.717) is 12.1 Å². The van der Waals surface area contributed by atoms with E-state index in [1.807, 2.05) is 0 Å². The molecule has 17 heteroatoms. The molecule has 0 heterocycles. The molecule has 0 amide bonds. The number of benzene rings is 2. The molecule has 17 nitrogen and oxygen atoms in total. The average Bonchev–Trinajstić information content (AvgIpc) is 2.61. The molecule has 2 rings (SSSR count). The number of hydrogen-bond acceptors (Lipinski definition) is 12. The molecule has 29 heavy (non-hydrogen) atoms. The molecule has 0 saturated heterocycles. The summed E-state index contributed by atoms with van der Waals surface area (Å²) in [4.78, 5) is 46.4. The van der Waals surface area contributed by atoms with Crippen molar-refractivity contribution in [1.82, 2.24) is 0 Å². The number of phenols is 2. The fraction of sp³-hybridized carbons (Fsp3) is 0. The molecule has 152 valence electrons. The largest absolute Gasteiger partial charge is 0.502 e. The van der Waals surface area contributed by atoms with E-state index >= 15 is 0 Å². The molecule has 0 spiro atoms. The maximum Gasteiger partial charge on any atom is 0.387 e. The van der Waals surface area contributed by atoms with Crippen LogP contribution >= 0.6 is 0 Å². The van der Waals surface area contributed by atoms with Crippen LogP contribution in [0.1, 0.15) is 0 Å². The highest BCUT2D eigenvalue weighted by atomic mass is 16.6. The lowest BCUT2D eigenvalue weighted by Gasteiger charge is -1.97. The Morgan fingerprint density at radius 3 is 1.38 bits per heavy atom. The zero-order valence-electron chi connectivity index (χ0n) is 13.6. The highest BCUT2D eigenvalue weighted by Gasteiger charge is 2.30. The van der Waals surface area contributed by atoms with Crippen LogP contribution in [0.3, 0.4) is 0 Å². The van der Waals surface area contributed by atoms with Gasteiger partial charge in [-0.3, -0.25) is 50.6 Å². The Hall–Kier alpha value is -4.96. The number of nitro groups is 5. The molecule has 0 aliphatic rings. The third kappa shape index (κ3) is 5.03. The second-order valence-corrected chi connectivity index (χ2v) is 4.76. The number of rotatable bonds is 5. The zero-order chi connectivity index (χ0) is 22.5. The Balaban J connectivity index is 0.000000296. The number of aromatic hydroxyl groups is 2. The molecule has 0 fully saturated rings. The van der Waals surface area contributed by atoms with Crippen molar-refractivity contribution in [2.45, 2.75) is 0 Å². The maximum atomic E-state index is 10.4. The lowest BCUT2D eigenvalue weighted by atomic mass is 10.2. The topological polar surface area (TPSA) is 256 Å². The highest BCUT2D eigenvalue weighted by molar-refractivity contribution is 5.64. The lowest BCUT2D eigenvalue weighted by molar-refractivity contribution is -0.423. The summed E-state index contributed by atoms with van der Waals surface area (Å²) in [5.41, 5.74) is -4.60. The molecule has 0 bridgehead atoms. The van der Waals surface area contributed by atoms with Gasteiger partial charge >= 0.3 is 22.7 Å². The van der Waals surface area contributed by atoms with Gasteiger partial charge in [-0.2, -0.15) is 0 Å². The summed E-state index contributed by atoms with van der Waals surface area (Å²) < 4.78 is 0. The minimum Gasteiger partial charge on any atom is -0.502 e. The van der Waals surface area contributed by atoms with E-state index in [4.69, 9.17) is 10.2 Å². The molecule has 2 aromatic carbocycles. The van der Waals surface area contributed by atoms with Gasteiger partial charge in [0, 0.05) is 6.07 Å². The smallest absolute Gasteiger partial charge is 0.387 e. The summed E-state index contributed by atoms with van der Waals surface area (Å²) in [6.45, 7) is 0. The first kappa shape index (κ1) is 22.1. The van der Waals surface area contributed by atoms with E-state index in [1.165, 1.54) is 6.07 Å². The average molecular weight is 413 g/mol. The van der Waals surface area contributed by atoms with Crippen LogP contribution in [-0.4, -0.2) is 34.8 Å². The van der Waals surface area contributed by atoms with Gasteiger partial charge in [-0.1, -0.05) is 6.07 Å². The second-order valence-electron chi connectivity index (χ2n) is 4.76. The van der Waals surface area contributed by atoms with Crippen LogP contribution < -0.4 is 0 Å². The first-order chi connectivity index (χ1) is 13.4. The Labute approximate surface area is 156 Å². The predicted octanol–water partition coefficient (Wildman–Crippen LogP) is 2.33. The molecule has 0 saturated carbocycles. The third-order valence-electron chi connectivity index (χ3n) is 3.03. The maximum absolute atomic E-state index is 10.4. The minimum absolute atomic E-state index is 0.447. The van der Waals surface area contributed by atoms with Crippen molar-refractivity contribution >= 4 is 28.4 Å². The number of hydrogen-bond donors (Lipinski definition) is 2. The van der Waals surface area contributed by atoms with Gasteiger partial charge in [0.15, 0.2) is 0 Å². The Kier molecular flexibility index (Phi) is 6.56. The van der Waals surface area contributed by atoms with E-state index in [2.05, 4.69) is 0 Å². The van der Waals surface area contributed by atoms with Gasteiger partial charge in [0.25, 0.3) is 11.4 Å². The van der Waals surface area contributed by atoms with Crippen molar-refractivity contribution in [3.8, 4) is 11.5 Å². The van der Waals surface area contributed by atoms with Crippen LogP contribution in [-0.2, 0) is 0 Å². The van der Waals surface area contributed by atoms with Gasteiger partial charge in [-0.25, -0.2) is 0 Å². The van der Waals surface area contributed by atoms with Crippen LogP contribution in [0, 0.1) is 50.6 Å². The third-order valence-corrected chi connectivity index (χ3v) is 3.03. The van der Waals surface area contributed by atoms with Crippen molar-refractivity contribution < 1.29 is 34.8 Å². The number of para-hydroxylation sites is 1. The van der Waals surface area contributed by atoms with Gasteiger partial charge < -0.3 is 10.2 Å². The highest BCUT2D eigenvalue weighted by Crippen LogP contribution is 2.39. The van der Waals surface area contributed by atoms with E-state index < -0.39 is 64.6 Å². The van der Waals surface area contributed by atoms with Crippen LogP contribution in [0.25, 0.3) is 0 Å². The number of nitrogens with zero attached hydrogens (tertiary/aromatic N) is 5. The van der Waals surface area contributed by atoms with E-state index in [0.717, 1.165) is 12.1 Å². The van der Waals surface area contributed by atoms with Crippen molar-refractivity contribution in [2.24, 2.45) is 0 Å². The van der Waals surface area contributed by atoms with Crippen LogP contribution in [0.2, 0.25) is 0 Å². The molecule has 2 N–H and O–H groups in total. The molecule has 0 aliphatic carbocycles. The molecule has 0 atom stereocenters. The first-order valence-electron chi connectivity index (χ1n) is 6.79. The SMILES string of the molecule is O=[N+]([O-])c1cc([N+](=O)[O-])c(O)c([N+](=O)[O-])c1.O=[N+]([O-])c1cccc(O)c1[N+](=O)[O-]. The Bertz CT molecular complexity index is 1000. The van der Waals surface area contributed by atoms with Crippen molar-refractivity contribution in [3.05, 3.63) is 80.9 Å².